The van der Waals surface area contributed by atoms with Crippen molar-refractivity contribution in [2.24, 2.45) is 0 Å². The first-order valence-corrected chi connectivity index (χ1v) is 17.6. The van der Waals surface area contributed by atoms with E-state index >= 15 is 0 Å². The smallest absolute Gasteiger partial charge is 0.467 e. The molecule has 0 fully saturated rings. The fourth-order valence-corrected chi connectivity index (χ4v) is 5.48. The van der Waals surface area contributed by atoms with Crippen LogP contribution >= 0.6 is 23.8 Å². The van der Waals surface area contributed by atoms with Crippen LogP contribution in [0.25, 0.3) is 11.3 Å². The lowest BCUT2D eigenvalue weighted by Gasteiger charge is -2.19. The van der Waals surface area contributed by atoms with Crippen LogP contribution in [0.1, 0.15) is 96.8 Å². The Morgan fingerprint density at radius 2 is 1.45 bits per heavy atom. The van der Waals surface area contributed by atoms with E-state index in [1.54, 1.807) is 6.07 Å². The lowest BCUT2D eigenvalue weighted by atomic mass is 10.0. The lowest BCUT2D eigenvalue weighted by Crippen LogP contribution is -2.28. The highest BCUT2D eigenvalue weighted by Gasteiger charge is 2.25. The molecule has 0 amide bonds. The summed E-state index contributed by atoms with van der Waals surface area (Å²) in [5.74, 6) is 0.814. The maximum Gasteiger partial charge on any atom is 0.472 e. The van der Waals surface area contributed by atoms with Crippen LogP contribution in [0, 0.1) is 0 Å². The first-order valence-electron chi connectivity index (χ1n) is 15.0. The molecule has 2 unspecified atom stereocenters. The van der Waals surface area contributed by atoms with E-state index in [0.29, 0.717) is 17.7 Å². The predicted molar refractivity (Wildman–Crippen MR) is 163 cm³/mol. The van der Waals surface area contributed by atoms with Crippen molar-refractivity contribution >= 4 is 23.8 Å². The van der Waals surface area contributed by atoms with Crippen molar-refractivity contribution in [3.8, 4) is 17.2 Å². The van der Waals surface area contributed by atoms with E-state index in [4.69, 9.17) is 23.0 Å². The van der Waals surface area contributed by atoms with Crippen molar-refractivity contribution in [2.75, 3.05) is 31.8 Å². The predicted octanol–water partition coefficient (Wildman–Crippen LogP) is 9.12. The summed E-state index contributed by atoms with van der Waals surface area (Å²) >= 11 is 3.16. The lowest BCUT2D eigenvalue weighted by molar-refractivity contribution is 0.0120. The van der Waals surface area contributed by atoms with Gasteiger partial charge in [-0.05, 0) is 11.6 Å². The Balaban J connectivity index is 1.63. The molecule has 40 heavy (non-hydrogen) atoms. The highest BCUT2D eigenvalue weighted by Crippen LogP contribution is 2.43. The Morgan fingerprint density at radius 3 is 2.05 bits per heavy atom. The maximum absolute atomic E-state index is 12.1. The Labute approximate surface area is 249 Å². The van der Waals surface area contributed by atoms with Crippen molar-refractivity contribution in [3.05, 3.63) is 36.4 Å². The Hall–Kier alpha value is -1.22. The number of hydrogen-bond donors (Lipinski definition) is 1. The molecule has 0 bridgehead atoms. The van der Waals surface area contributed by atoms with E-state index in [1.165, 1.54) is 77.0 Å². The van der Waals surface area contributed by atoms with Crippen LogP contribution < -0.4 is 4.74 Å². The van der Waals surface area contributed by atoms with Crippen LogP contribution in [-0.4, -0.2) is 47.9 Å². The zero-order valence-corrected chi connectivity index (χ0v) is 26.6. The minimum Gasteiger partial charge on any atom is -0.467 e. The molecular formula is C30H49BrNO7P. The van der Waals surface area contributed by atoms with Gasteiger partial charge in [-0.1, -0.05) is 137 Å². The summed E-state index contributed by atoms with van der Waals surface area (Å²) in [6.07, 6.45) is 17.6. The summed E-state index contributed by atoms with van der Waals surface area (Å²) < 4.78 is 39.2. The molecule has 0 saturated carbocycles. The van der Waals surface area contributed by atoms with E-state index in [0.717, 1.165) is 18.4 Å². The highest BCUT2D eigenvalue weighted by molar-refractivity contribution is 9.09. The summed E-state index contributed by atoms with van der Waals surface area (Å²) in [5.41, 5.74) is 0.870. The Bertz CT molecular complexity index is 914. The number of nitrogens with zero attached hydrogens (tertiary/aromatic N) is 1. The molecular weight excluding hydrogens is 597 g/mol. The van der Waals surface area contributed by atoms with Crippen LogP contribution in [-0.2, 0) is 18.3 Å². The minimum absolute atomic E-state index is 0.0542. The van der Waals surface area contributed by atoms with E-state index in [1.807, 2.05) is 30.3 Å². The van der Waals surface area contributed by atoms with Crippen LogP contribution in [0.3, 0.4) is 0 Å². The summed E-state index contributed by atoms with van der Waals surface area (Å²) in [7, 11) is -4.20. The second kappa shape index (κ2) is 22.4. The van der Waals surface area contributed by atoms with Crippen molar-refractivity contribution in [1.29, 1.82) is 0 Å². The van der Waals surface area contributed by atoms with Crippen LogP contribution in [0.4, 0.5) is 0 Å². The van der Waals surface area contributed by atoms with Gasteiger partial charge in [0.05, 0.1) is 19.8 Å². The molecule has 8 nitrogen and oxygen atoms in total. The van der Waals surface area contributed by atoms with E-state index in [-0.39, 0.29) is 25.7 Å². The van der Waals surface area contributed by atoms with Crippen molar-refractivity contribution in [3.63, 3.8) is 0 Å². The summed E-state index contributed by atoms with van der Waals surface area (Å²) in [6, 6.07) is 11.2. The molecule has 1 N–H and O–H groups in total. The van der Waals surface area contributed by atoms with Crippen LogP contribution in [0.2, 0.25) is 0 Å². The fourth-order valence-electron chi connectivity index (χ4n) is 4.32. The van der Waals surface area contributed by atoms with Gasteiger partial charge in [0.1, 0.15) is 6.10 Å². The quantitative estimate of drug-likeness (QED) is 0.0614. The average Bonchev–Trinajstić information content (AvgIpc) is 3.43. The molecule has 2 aromatic rings. The fraction of sp³-hybridized carbons (Fsp3) is 0.700. The molecule has 0 saturated heterocycles. The normalized spacial score (nSPS) is 13.8. The molecule has 1 heterocycles. The van der Waals surface area contributed by atoms with Gasteiger partial charge in [0.2, 0.25) is 0 Å². The first-order chi connectivity index (χ1) is 19.5. The Morgan fingerprint density at radius 1 is 0.850 bits per heavy atom. The molecule has 0 aliphatic heterocycles. The number of alkyl halides is 1. The summed E-state index contributed by atoms with van der Waals surface area (Å²) in [4.78, 5) is 9.89. The highest BCUT2D eigenvalue weighted by atomic mass is 79.9. The SMILES string of the molecule is CCCCCCCCCCCCCCCCOCC(COP(=O)(O)OCCBr)Oc1cc(-c2ccccc2)on1. The third-order valence-corrected chi connectivity index (χ3v) is 7.84. The average molecular weight is 647 g/mol. The van der Waals surface area contributed by atoms with Crippen LogP contribution in [0.15, 0.2) is 40.9 Å². The monoisotopic (exact) mass is 645 g/mol. The molecule has 2 atom stereocenters. The molecule has 0 spiro atoms. The number of halogens is 1. The molecule has 1 aromatic carbocycles. The number of ether oxygens (including phenoxy) is 2. The zero-order chi connectivity index (χ0) is 28.7. The molecule has 0 aliphatic carbocycles. The van der Waals surface area contributed by atoms with Gasteiger partial charge in [0, 0.05) is 23.6 Å². The largest absolute Gasteiger partial charge is 0.472 e. The second-order valence-electron chi connectivity index (χ2n) is 10.1. The van der Waals surface area contributed by atoms with E-state index in [2.05, 4.69) is 28.0 Å². The van der Waals surface area contributed by atoms with Gasteiger partial charge >= 0.3 is 7.82 Å². The minimum atomic E-state index is -4.20. The molecule has 0 radical (unpaired) electrons. The third-order valence-electron chi connectivity index (χ3n) is 6.54. The number of phosphoric acid groups is 1. The molecule has 1 aromatic heterocycles. The number of hydrogen-bond acceptors (Lipinski definition) is 7. The number of unbranched alkanes of at least 4 members (excludes halogenated alkanes) is 13. The first kappa shape index (κ1) is 35.0. The van der Waals surface area contributed by atoms with Gasteiger partial charge in [-0.25, -0.2) is 4.57 Å². The van der Waals surface area contributed by atoms with Crippen molar-refractivity contribution in [2.45, 2.75) is 103 Å². The maximum atomic E-state index is 12.1. The van der Waals surface area contributed by atoms with Gasteiger partial charge in [-0.15, -0.1) is 0 Å². The molecule has 0 aliphatic rings. The van der Waals surface area contributed by atoms with Gasteiger partial charge in [-0.3, -0.25) is 9.05 Å². The topological polar surface area (TPSA) is 100 Å². The van der Waals surface area contributed by atoms with Gasteiger partial charge in [0.15, 0.2) is 5.76 Å². The third kappa shape index (κ3) is 16.9. The van der Waals surface area contributed by atoms with E-state index in [9.17, 15) is 9.46 Å². The zero-order valence-electron chi connectivity index (χ0n) is 24.1. The summed E-state index contributed by atoms with van der Waals surface area (Å²) in [5, 5.41) is 4.39. The molecule has 10 heteroatoms. The molecule has 2 rings (SSSR count). The standard InChI is InChI=1S/C30H49BrNO7P/c1-2-3-4-5-6-7-8-9-10-11-12-13-14-18-22-35-25-28(26-37-40(33,34)36-23-21-31)38-30-24-29(39-32-30)27-19-16-15-17-20-27/h15-17,19-20,24,28H,2-14,18,21-23,25-26H2,1H3,(H,33,34). The van der Waals surface area contributed by atoms with Crippen molar-refractivity contribution < 1.29 is 32.5 Å². The number of benzene rings is 1. The van der Waals surface area contributed by atoms with Crippen molar-refractivity contribution in [1.82, 2.24) is 5.16 Å². The van der Waals surface area contributed by atoms with Crippen LogP contribution in [0.5, 0.6) is 5.88 Å². The van der Waals surface area contributed by atoms with Gasteiger partial charge in [-0.2, -0.15) is 0 Å². The summed E-state index contributed by atoms with van der Waals surface area (Å²) in [6.45, 7) is 2.90. The van der Waals surface area contributed by atoms with Gasteiger partial charge < -0.3 is 18.9 Å². The van der Waals surface area contributed by atoms with E-state index < -0.39 is 13.9 Å². The number of rotatable bonds is 26. The number of aromatic nitrogens is 1. The number of phosphoric ester groups is 1. The Kier molecular flexibility index (Phi) is 19.6. The molecule has 228 valence electrons. The van der Waals surface area contributed by atoms with Gasteiger partial charge in [0.25, 0.3) is 5.88 Å². The second-order valence-corrected chi connectivity index (χ2v) is 12.3.